The highest BCUT2D eigenvalue weighted by molar-refractivity contribution is 6.99. The Hall–Kier alpha value is -1.51. The van der Waals surface area contributed by atoms with E-state index in [9.17, 15) is 5.11 Å². The van der Waals surface area contributed by atoms with E-state index in [0.29, 0.717) is 19.0 Å². The topological polar surface area (TPSA) is 93.3 Å². The monoisotopic (exact) mass is 284 g/mol. The molecule has 0 radical (unpaired) electrons. The van der Waals surface area contributed by atoms with Crippen molar-refractivity contribution in [3.63, 3.8) is 0 Å². The summed E-state index contributed by atoms with van der Waals surface area (Å²) in [7, 11) is 0. The molecule has 8 heteroatoms. The van der Waals surface area contributed by atoms with Crippen LogP contribution in [0.1, 0.15) is 17.0 Å². The van der Waals surface area contributed by atoms with E-state index in [1.54, 1.807) is 0 Å². The zero-order chi connectivity index (χ0) is 13.7. The average molecular weight is 284 g/mol. The van der Waals surface area contributed by atoms with Crippen molar-refractivity contribution < 1.29 is 14.4 Å². The first-order valence-corrected chi connectivity index (χ1v) is 6.60. The molecule has 104 valence electrons. The third kappa shape index (κ3) is 3.98. The predicted molar refractivity (Wildman–Crippen MR) is 69.1 cm³/mol. The molecular weight excluding hydrogens is 268 g/mol. The van der Waals surface area contributed by atoms with Crippen molar-refractivity contribution in [1.82, 2.24) is 19.2 Å². The Bertz CT molecular complexity index is 481. The minimum absolute atomic E-state index is 0.181. The number of aryl methyl sites for hydroxylation is 2. The largest absolute Gasteiger partial charge is 0.473 e. The van der Waals surface area contributed by atoms with Gasteiger partial charge in [-0.25, -0.2) is 0 Å². The Kier molecular flexibility index (Phi) is 4.83. The van der Waals surface area contributed by atoms with Crippen molar-refractivity contribution in [2.24, 2.45) is 0 Å². The highest BCUT2D eigenvalue weighted by Crippen LogP contribution is 2.11. The number of ether oxygens (including phenoxy) is 1. The van der Waals surface area contributed by atoms with Crippen molar-refractivity contribution in [2.45, 2.75) is 26.5 Å². The molecule has 0 saturated heterocycles. The molecule has 2 aromatic heterocycles. The fourth-order valence-electron chi connectivity index (χ4n) is 1.58. The zero-order valence-corrected chi connectivity index (χ0v) is 11.6. The van der Waals surface area contributed by atoms with E-state index in [1.165, 1.54) is 6.20 Å². The first-order chi connectivity index (χ1) is 9.16. The molecule has 0 aromatic carbocycles. The van der Waals surface area contributed by atoms with Crippen LogP contribution in [0.25, 0.3) is 0 Å². The SMILES string of the molecule is Cc1noc(C)c1CNCC(O)COc1cnsn1. The summed E-state index contributed by atoms with van der Waals surface area (Å²) in [6.45, 7) is 4.96. The average Bonchev–Trinajstić information content (AvgIpc) is 3.00. The van der Waals surface area contributed by atoms with Crippen LogP contribution in [-0.4, -0.2) is 38.3 Å². The smallest absolute Gasteiger partial charge is 0.245 e. The lowest BCUT2D eigenvalue weighted by Gasteiger charge is -2.11. The van der Waals surface area contributed by atoms with Gasteiger partial charge in [-0.2, -0.15) is 4.37 Å². The standard InChI is InChI=1S/C11H16N4O3S/c1-7-10(8(2)18-14-7)4-12-3-9(16)6-17-11-5-13-19-15-11/h5,9,12,16H,3-4,6H2,1-2H3. The highest BCUT2D eigenvalue weighted by Gasteiger charge is 2.10. The second-order valence-electron chi connectivity index (χ2n) is 4.14. The summed E-state index contributed by atoms with van der Waals surface area (Å²) in [6, 6.07) is 0. The Morgan fingerprint density at radius 1 is 1.53 bits per heavy atom. The van der Waals surface area contributed by atoms with Gasteiger partial charge in [0.25, 0.3) is 0 Å². The number of aromatic nitrogens is 3. The van der Waals surface area contributed by atoms with Gasteiger partial charge in [-0.15, -0.1) is 4.37 Å². The van der Waals surface area contributed by atoms with Crippen LogP contribution >= 0.6 is 11.7 Å². The summed E-state index contributed by atoms with van der Waals surface area (Å²) >= 11 is 1.07. The van der Waals surface area contributed by atoms with Crippen LogP contribution < -0.4 is 10.1 Å². The van der Waals surface area contributed by atoms with Gasteiger partial charge in [-0.3, -0.25) is 0 Å². The molecule has 19 heavy (non-hydrogen) atoms. The van der Waals surface area contributed by atoms with Crippen LogP contribution in [0.3, 0.4) is 0 Å². The lowest BCUT2D eigenvalue weighted by molar-refractivity contribution is 0.104. The summed E-state index contributed by atoms with van der Waals surface area (Å²) in [5.41, 5.74) is 1.89. The number of aliphatic hydroxyl groups excluding tert-OH is 1. The van der Waals surface area contributed by atoms with E-state index in [4.69, 9.17) is 9.26 Å². The molecule has 0 bridgehead atoms. The predicted octanol–water partition coefficient (Wildman–Crippen LogP) is 0.672. The molecule has 1 unspecified atom stereocenters. The van der Waals surface area contributed by atoms with Crippen LogP contribution in [0.5, 0.6) is 5.88 Å². The number of rotatable bonds is 7. The third-order valence-electron chi connectivity index (χ3n) is 2.63. The molecule has 7 nitrogen and oxygen atoms in total. The Morgan fingerprint density at radius 2 is 2.37 bits per heavy atom. The van der Waals surface area contributed by atoms with Gasteiger partial charge in [0.1, 0.15) is 24.7 Å². The van der Waals surface area contributed by atoms with Gasteiger partial charge in [0, 0.05) is 18.7 Å². The number of aliphatic hydroxyl groups is 1. The molecule has 0 amide bonds. The number of nitrogens with one attached hydrogen (secondary N) is 1. The molecule has 2 N–H and O–H groups in total. The fourth-order valence-corrected chi connectivity index (χ4v) is 1.94. The van der Waals surface area contributed by atoms with Gasteiger partial charge in [0.15, 0.2) is 0 Å². The summed E-state index contributed by atoms with van der Waals surface area (Å²) in [4.78, 5) is 0. The summed E-state index contributed by atoms with van der Waals surface area (Å²) < 4.78 is 18.0. The van der Waals surface area contributed by atoms with Gasteiger partial charge in [-0.1, -0.05) is 5.16 Å². The maximum Gasteiger partial charge on any atom is 0.245 e. The molecule has 0 spiro atoms. The summed E-state index contributed by atoms with van der Waals surface area (Å²) in [5, 5.41) is 16.7. The van der Waals surface area contributed by atoms with Gasteiger partial charge < -0.3 is 19.7 Å². The first kappa shape index (κ1) is 13.9. The minimum Gasteiger partial charge on any atom is -0.473 e. The maximum atomic E-state index is 9.74. The molecule has 2 rings (SSSR count). The van der Waals surface area contributed by atoms with Crippen LogP contribution in [0.15, 0.2) is 10.7 Å². The maximum absolute atomic E-state index is 9.74. The third-order valence-corrected chi connectivity index (χ3v) is 3.09. The summed E-state index contributed by atoms with van der Waals surface area (Å²) in [5.74, 6) is 1.24. The van der Waals surface area contributed by atoms with E-state index in [-0.39, 0.29) is 6.61 Å². The molecular formula is C11H16N4O3S. The molecule has 1 atom stereocenters. The van der Waals surface area contributed by atoms with Gasteiger partial charge in [-0.05, 0) is 13.8 Å². The Labute approximate surface area is 114 Å². The van der Waals surface area contributed by atoms with Crippen LogP contribution in [0.4, 0.5) is 0 Å². The van der Waals surface area contributed by atoms with Crippen molar-refractivity contribution in [3.05, 3.63) is 23.2 Å². The normalized spacial score (nSPS) is 12.6. The Balaban J connectivity index is 1.68. The Morgan fingerprint density at radius 3 is 3.00 bits per heavy atom. The van der Waals surface area contributed by atoms with Gasteiger partial charge in [0.2, 0.25) is 5.88 Å². The van der Waals surface area contributed by atoms with Crippen LogP contribution in [0.2, 0.25) is 0 Å². The van der Waals surface area contributed by atoms with Crippen molar-refractivity contribution >= 4 is 11.7 Å². The van der Waals surface area contributed by atoms with Gasteiger partial charge in [0.05, 0.1) is 17.4 Å². The molecule has 0 saturated carbocycles. The second kappa shape index (κ2) is 6.60. The number of hydrogen-bond acceptors (Lipinski definition) is 8. The molecule has 2 heterocycles. The quantitative estimate of drug-likeness (QED) is 0.772. The second-order valence-corrected chi connectivity index (χ2v) is 4.70. The minimum atomic E-state index is -0.609. The summed E-state index contributed by atoms with van der Waals surface area (Å²) in [6.07, 6.45) is 0.913. The molecule has 0 aliphatic heterocycles. The first-order valence-electron chi connectivity index (χ1n) is 5.87. The molecule has 0 aliphatic carbocycles. The van der Waals surface area contributed by atoms with Crippen LogP contribution in [-0.2, 0) is 6.54 Å². The lowest BCUT2D eigenvalue weighted by Crippen LogP contribution is -2.31. The molecule has 0 aliphatic rings. The lowest BCUT2D eigenvalue weighted by atomic mass is 10.2. The zero-order valence-electron chi connectivity index (χ0n) is 10.8. The van der Waals surface area contributed by atoms with Crippen molar-refractivity contribution in [1.29, 1.82) is 0 Å². The molecule has 2 aromatic rings. The van der Waals surface area contributed by atoms with Crippen molar-refractivity contribution in [3.8, 4) is 5.88 Å². The number of hydrogen-bond donors (Lipinski definition) is 2. The van der Waals surface area contributed by atoms with Crippen LogP contribution in [0, 0.1) is 13.8 Å². The van der Waals surface area contributed by atoms with E-state index >= 15 is 0 Å². The molecule has 0 fully saturated rings. The number of nitrogens with zero attached hydrogens (tertiary/aromatic N) is 3. The van der Waals surface area contributed by atoms with Gasteiger partial charge >= 0.3 is 0 Å². The van der Waals surface area contributed by atoms with E-state index in [0.717, 1.165) is 28.7 Å². The van der Waals surface area contributed by atoms with Crippen molar-refractivity contribution in [2.75, 3.05) is 13.2 Å². The van der Waals surface area contributed by atoms with E-state index in [1.807, 2.05) is 13.8 Å². The van der Waals surface area contributed by atoms with E-state index in [2.05, 4.69) is 19.2 Å². The fraction of sp³-hybridized carbons (Fsp3) is 0.545. The highest BCUT2D eigenvalue weighted by atomic mass is 32.1. The van der Waals surface area contributed by atoms with E-state index < -0.39 is 6.10 Å².